The fraction of sp³-hybridized carbons (Fsp3) is 0.333. The summed E-state index contributed by atoms with van der Waals surface area (Å²) in [5.74, 6) is -1.19. The molecule has 0 aromatic heterocycles. The monoisotopic (exact) mass is 351 g/mol. The lowest BCUT2D eigenvalue weighted by atomic mass is 10.1. The van der Waals surface area contributed by atoms with Gasteiger partial charge in [-0.2, -0.15) is 0 Å². The van der Waals surface area contributed by atoms with Crippen molar-refractivity contribution >= 4 is 23.3 Å². The van der Waals surface area contributed by atoms with E-state index in [0.717, 1.165) is 18.2 Å². The Labute approximate surface area is 143 Å². The molecule has 134 valence electrons. The molecule has 0 aliphatic heterocycles. The summed E-state index contributed by atoms with van der Waals surface area (Å²) in [7, 11) is 0. The number of amides is 1. The van der Waals surface area contributed by atoms with Gasteiger partial charge in [0.2, 0.25) is 0 Å². The van der Waals surface area contributed by atoms with Crippen LogP contribution in [-0.2, 0) is 9.53 Å². The summed E-state index contributed by atoms with van der Waals surface area (Å²) in [6.07, 6.45) is 1.33. The first-order valence-corrected chi connectivity index (χ1v) is 7.29. The van der Waals surface area contributed by atoms with Gasteiger partial charge in [-0.1, -0.05) is 6.08 Å². The lowest BCUT2D eigenvalue weighted by Crippen LogP contribution is -2.33. The first-order chi connectivity index (χ1) is 11.8. The van der Waals surface area contributed by atoms with Gasteiger partial charge in [0.05, 0.1) is 34.5 Å². The Bertz CT molecular complexity index is 670. The van der Waals surface area contributed by atoms with Crippen LogP contribution in [-0.4, -0.2) is 46.3 Å². The molecule has 10 heteroatoms. The average Bonchev–Trinajstić information content (AvgIpc) is 2.57. The van der Waals surface area contributed by atoms with E-state index in [9.17, 15) is 29.8 Å². The largest absolute Gasteiger partial charge is 0.466 e. The fourth-order valence-corrected chi connectivity index (χ4v) is 2.00. The van der Waals surface area contributed by atoms with Gasteiger partial charge in [-0.25, -0.2) is 0 Å². The number of non-ortho nitro benzene ring substituents is 2. The lowest BCUT2D eigenvalue weighted by Gasteiger charge is -2.20. The van der Waals surface area contributed by atoms with Gasteiger partial charge < -0.3 is 9.64 Å². The first-order valence-electron chi connectivity index (χ1n) is 7.29. The van der Waals surface area contributed by atoms with Gasteiger partial charge in [-0.15, -0.1) is 6.58 Å². The molecular formula is C15H17N3O7. The molecule has 0 aliphatic carbocycles. The van der Waals surface area contributed by atoms with Gasteiger partial charge in [-0.3, -0.25) is 29.8 Å². The van der Waals surface area contributed by atoms with Crippen LogP contribution >= 0.6 is 0 Å². The minimum atomic E-state index is -0.819. The molecule has 0 saturated heterocycles. The topological polar surface area (TPSA) is 133 Å². The molecule has 0 spiro atoms. The molecule has 0 heterocycles. The second-order valence-electron chi connectivity index (χ2n) is 4.85. The van der Waals surface area contributed by atoms with Crippen LogP contribution in [0.2, 0.25) is 0 Å². The van der Waals surface area contributed by atoms with Crippen molar-refractivity contribution in [3.8, 4) is 0 Å². The third-order valence-corrected chi connectivity index (χ3v) is 3.10. The van der Waals surface area contributed by atoms with Crippen molar-refractivity contribution in [2.24, 2.45) is 0 Å². The number of nitro benzene ring substituents is 2. The average molecular weight is 351 g/mol. The van der Waals surface area contributed by atoms with Crippen molar-refractivity contribution in [1.82, 2.24) is 4.90 Å². The zero-order valence-corrected chi connectivity index (χ0v) is 13.5. The van der Waals surface area contributed by atoms with E-state index in [0.29, 0.717) is 0 Å². The number of rotatable bonds is 9. The predicted octanol–water partition coefficient (Wildman–Crippen LogP) is 2.08. The zero-order chi connectivity index (χ0) is 19.0. The van der Waals surface area contributed by atoms with Crippen molar-refractivity contribution in [2.45, 2.75) is 13.3 Å². The third kappa shape index (κ3) is 5.68. The van der Waals surface area contributed by atoms with Crippen LogP contribution in [0.15, 0.2) is 30.9 Å². The van der Waals surface area contributed by atoms with Gasteiger partial charge in [0.15, 0.2) is 0 Å². The van der Waals surface area contributed by atoms with Gasteiger partial charge in [-0.05, 0) is 6.92 Å². The van der Waals surface area contributed by atoms with Crippen LogP contribution in [0.5, 0.6) is 0 Å². The molecule has 25 heavy (non-hydrogen) atoms. The Hall–Kier alpha value is -3.30. The highest BCUT2D eigenvalue weighted by Gasteiger charge is 2.23. The number of benzene rings is 1. The van der Waals surface area contributed by atoms with Gasteiger partial charge in [0, 0.05) is 25.2 Å². The molecule has 0 aliphatic rings. The number of esters is 1. The Morgan fingerprint density at radius 1 is 1.20 bits per heavy atom. The summed E-state index contributed by atoms with van der Waals surface area (Å²) in [5.41, 5.74) is -1.35. The number of hydrogen-bond donors (Lipinski definition) is 0. The van der Waals surface area contributed by atoms with Crippen LogP contribution in [0.1, 0.15) is 23.7 Å². The Balaban J connectivity index is 3.10. The summed E-state index contributed by atoms with van der Waals surface area (Å²) in [6, 6.07) is 2.68. The number of hydrogen-bond acceptors (Lipinski definition) is 7. The van der Waals surface area contributed by atoms with Crippen LogP contribution in [0.3, 0.4) is 0 Å². The zero-order valence-electron chi connectivity index (χ0n) is 13.5. The van der Waals surface area contributed by atoms with Crippen LogP contribution in [0, 0.1) is 20.2 Å². The van der Waals surface area contributed by atoms with Crippen molar-refractivity contribution in [2.75, 3.05) is 19.7 Å². The third-order valence-electron chi connectivity index (χ3n) is 3.10. The Kier molecular flexibility index (Phi) is 7.19. The van der Waals surface area contributed by atoms with Gasteiger partial charge >= 0.3 is 5.97 Å². The summed E-state index contributed by atoms with van der Waals surface area (Å²) in [5, 5.41) is 21.8. The summed E-state index contributed by atoms with van der Waals surface area (Å²) >= 11 is 0. The van der Waals surface area contributed by atoms with Gasteiger partial charge in [0.1, 0.15) is 0 Å². The van der Waals surface area contributed by atoms with Crippen molar-refractivity contribution in [3.05, 3.63) is 56.6 Å². The highest BCUT2D eigenvalue weighted by molar-refractivity contribution is 5.96. The normalized spacial score (nSPS) is 9.96. The Morgan fingerprint density at radius 2 is 1.76 bits per heavy atom. The van der Waals surface area contributed by atoms with E-state index < -0.39 is 33.1 Å². The molecule has 0 saturated carbocycles. The second-order valence-corrected chi connectivity index (χ2v) is 4.85. The standard InChI is InChI=1S/C15H17N3O7/c1-3-6-16(7-5-14(19)25-4-2)15(20)11-8-12(17(21)22)10-13(9-11)18(23)24/h3,8-10H,1,4-7H2,2H3. The van der Waals surface area contributed by atoms with Crippen molar-refractivity contribution in [1.29, 1.82) is 0 Å². The van der Waals surface area contributed by atoms with Crippen molar-refractivity contribution in [3.63, 3.8) is 0 Å². The summed E-state index contributed by atoms with van der Waals surface area (Å²) in [6.45, 7) is 5.40. The van der Waals surface area contributed by atoms with Gasteiger partial charge in [0.25, 0.3) is 17.3 Å². The number of carbonyl (C=O) groups is 2. The number of carbonyl (C=O) groups excluding carboxylic acids is 2. The molecular weight excluding hydrogens is 334 g/mol. The van der Waals surface area contributed by atoms with Crippen LogP contribution in [0.4, 0.5) is 11.4 Å². The predicted molar refractivity (Wildman–Crippen MR) is 87.1 cm³/mol. The molecule has 1 aromatic carbocycles. The molecule has 0 unspecified atom stereocenters. The van der Waals surface area contributed by atoms with E-state index in [1.54, 1.807) is 6.92 Å². The molecule has 0 N–H and O–H groups in total. The smallest absolute Gasteiger partial charge is 0.307 e. The molecule has 0 radical (unpaired) electrons. The van der Waals surface area contributed by atoms with E-state index in [1.165, 1.54) is 11.0 Å². The fourth-order valence-electron chi connectivity index (χ4n) is 2.00. The Morgan fingerprint density at radius 3 is 2.20 bits per heavy atom. The minimum Gasteiger partial charge on any atom is -0.466 e. The molecule has 1 amide bonds. The van der Waals surface area contributed by atoms with Crippen LogP contribution in [0.25, 0.3) is 0 Å². The molecule has 1 aromatic rings. The lowest BCUT2D eigenvalue weighted by molar-refractivity contribution is -0.394. The minimum absolute atomic E-state index is 0.0137. The number of nitro groups is 2. The molecule has 0 bridgehead atoms. The quantitative estimate of drug-likeness (QED) is 0.288. The summed E-state index contributed by atoms with van der Waals surface area (Å²) < 4.78 is 4.78. The highest BCUT2D eigenvalue weighted by atomic mass is 16.6. The second kappa shape index (κ2) is 9.11. The first kappa shape index (κ1) is 19.7. The summed E-state index contributed by atoms with van der Waals surface area (Å²) in [4.78, 5) is 45.4. The van der Waals surface area contributed by atoms with E-state index >= 15 is 0 Å². The van der Waals surface area contributed by atoms with Crippen molar-refractivity contribution < 1.29 is 24.2 Å². The molecule has 0 fully saturated rings. The molecule has 0 atom stereocenters. The highest BCUT2D eigenvalue weighted by Crippen LogP contribution is 2.23. The molecule has 1 rings (SSSR count). The number of ether oxygens (including phenoxy) is 1. The van der Waals surface area contributed by atoms with E-state index in [2.05, 4.69) is 6.58 Å². The molecule has 10 nitrogen and oxygen atoms in total. The van der Waals surface area contributed by atoms with E-state index in [-0.39, 0.29) is 31.7 Å². The van der Waals surface area contributed by atoms with E-state index in [1.807, 2.05) is 0 Å². The maximum atomic E-state index is 12.5. The maximum absolute atomic E-state index is 12.5. The maximum Gasteiger partial charge on any atom is 0.307 e. The SMILES string of the molecule is C=CCN(CCC(=O)OCC)C(=O)c1cc([N+](=O)[O-])cc([N+](=O)[O-])c1. The van der Waals surface area contributed by atoms with E-state index in [4.69, 9.17) is 4.74 Å². The van der Waals surface area contributed by atoms with Crippen LogP contribution < -0.4 is 0 Å². The number of nitrogens with zero attached hydrogens (tertiary/aromatic N) is 3.